The van der Waals surface area contributed by atoms with Crippen LogP contribution in [-0.4, -0.2) is 42.6 Å². The monoisotopic (exact) mass is 296 g/mol. The zero-order valence-electron chi connectivity index (χ0n) is 13.4. The maximum Gasteiger partial charge on any atom is 0.225 e. The van der Waals surface area contributed by atoms with Gasteiger partial charge in [0.15, 0.2) is 0 Å². The van der Waals surface area contributed by atoms with E-state index < -0.39 is 0 Å². The van der Waals surface area contributed by atoms with E-state index in [-0.39, 0.29) is 6.10 Å². The molecule has 4 nitrogen and oxygen atoms in total. The molecule has 0 radical (unpaired) electrons. The molecule has 2 fully saturated rings. The zero-order chi connectivity index (χ0) is 14.9. The highest BCUT2D eigenvalue weighted by atomic mass is 16.5. The number of amides is 1. The van der Waals surface area contributed by atoms with Crippen LogP contribution in [0.4, 0.5) is 0 Å². The van der Waals surface area contributed by atoms with Crippen molar-refractivity contribution in [1.29, 1.82) is 0 Å². The minimum Gasteiger partial charge on any atom is -0.378 e. The molecule has 1 aliphatic heterocycles. The number of hydrogen-bond acceptors (Lipinski definition) is 3. The van der Waals surface area contributed by atoms with Crippen molar-refractivity contribution in [2.45, 2.75) is 82.8 Å². The van der Waals surface area contributed by atoms with Crippen LogP contribution in [0.15, 0.2) is 0 Å². The maximum atomic E-state index is 12.7. The van der Waals surface area contributed by atoms with Gasteiger partial charge in [-0.2, -0.15) is 0 Å². The van der Waals surface area contributed by atoms with Gasteiger partial charge in [-0.05, 0) is 45.1 Å². The van der Waals surface area contributed by atoms with Crippen LogP contribution in [0.25, 0.3) is 0 Å². The first-order chi connectivity index (χ1) is 10.3. The molecule has 1 aliphatic carbocycles. The van der Waals surface area contributed by atoms with Gasteiger partial charge < -0.3 is 15.4 Å². The Hall–Kier alpha value is -0.610. The van der Waals surface area contributed by atoms with Crippen LogP contribution in [-0.2, 0) is 9.53 Å². The molecule has 21 heavy (non-hydrogen) atoms. The van der Waals surface area contributed by atoms with E-state index in [4.69, 9.17) is 10.5 Å². The molecule has 1 saturated carbocycles. The molecule has 2 N–H and O–H groups in total. The van der Waals surface area contributed by atoms with Crippen LogP contribution in [0.1, 0.15) is 70.6 Å². The molecule has 2 rings (SSSR count). The van der Waals surface area contributed by atoms with Crippen LogP contribution in [0.3, 0.4) is 0 Å². The van der Waals surface area contributed by atoms with Gasteiger partial charge in [-0.15, -0.1) is 0 Å². The highest BCUT2D eigenvalue weighted by Crippen LogP contribution is 2.24. The van der Waals surface area contributed by atoms with Gasteiger partial charge in [0.2, 0.25) is 5.91 Å². The number of nitrogens with two attached hydrogens (primary N) is 1. The third-order valence-corrected chi connectivity index (χ3v) is 4.87. The third-order valence-electron chi connectivity index (χ3n) is 4.87. The quantitative estimate of drug-likeness (QED) is 0.767. The van der Waals surface area contributed by atoms with Gasteiger partial charge in [-0.1, -0.05) is 25.7 Å². The Labute approximate surface area is 129 Å². The molecule has 0 spiro atoms. The minimum atomic E-state index is 0.150. The van der Waals surface area contributed by atoms with Gasteiger partial charge in [0.1, 0.15) is 0 Å². The molecule has 0 aromatic rings. The predicted molar refractivity (Wildman–Crippen MR) is 85.1 cm³/mol. The highest BCUT2D eigenvalue weighted by molar-refractivity contribution is 5.77. The summed E-state index contributed by atoms with van der Waals surface area (Å²) in [5, 5.41) is 0. The van der Waals surface area contributed by atoms with E-state index in [1.807, 2.05) is 0 Å². The summed E-state index contributed by atoms with van der Waals surface area (Å²) in [5.41, 5.74) is 5.66. The summed E-state index contributed by atoms with van der Waals surface area (Å²) < 4.78 is 5.74. The molecule has 0 aromatic heterocycles. The summed E-state index contributed by atoms with van der Waals surface area (Å²) in [6, 6.07) is 0.440. The summed E-state index contributed by atoms with van der Waals surface area (Å²) in [5.74, 6) is 0.294. The standard InChI is InChI=1S/C17H32N2O2/c18-11-7-12-19(15-8-3-1-2-4-9-15)17(20)14-16-10-5-6-13-21-16/h15-16H,1-14,18H2. The first kappa shape index (κ1) is 16.8. The zero-order valence-corrected chi connectivity index (χ0v) is 13.4. The van der Waals surface area contributed by atoms with Gasteiger partial charge in [-0.3, -0.25) is 4.79 Å². The molecule has 1 heterocycles. The van der Waals surface area contributed by atoms with E-state index >= 15 is 0 Å². The van der Waals surface area contributed by atoms with E-state index in [1.165, 1.54) is 44.9 Å². The Kier molecular flexibility index (Phi) is 7.51. The summed E-state index contributed by atoms with van der Waals surface area (Å²) in [7, 11) is 0. The highest BCUT2D eigenvalue weighted by Gasteiger charge is 2.27. The average molecular weight is 296 g/mol. The topological polar surface area (TPSA) is 55.6 Å². The molecule has 1 atom stereocenters. The minimum absolute atomic E-state index is 0.150. The lowest BCUT2D eigenvalue weighted by Crippen LogP contribution is -2.43. The van der Waals surface area contributed by atoms with Crippen LogP contribution in [0.5, 0.6) is 0 Å². The summed E-state index contributed by atoms with van der Waals surface area (Å²) in [6.07, 6.45) is 12.5. The largest absolute Gasteiger partial charge is 0.378 e. The molecule has 2 aliphatic rings. The first-order valence-corrected chi connectivity index (χ1v) is 8.92. The van der Waals surface area contributed by atoms with Crippen molar-refractivity contribution in [2.24, 2.45) is 5.73 Å². The number of carbonyl (C=O) groups is 1. The third kappa shape index (κ3) is 5.59. The van der Waals surface area contributed by atoms with Gasteiger partial charge in [-0.25, -0.2) is 0 Å². The van der Waals surface area contributed by atoms with E-state index in [1.54, 1.807) is 0 Å². The molecular weight excluding hydrogens is 264 g/mol. The Morgan fingerprint density at radius 2 is 1.76 bits per heavy atom. The van der Waals surface area contributed by atoms with Crippen molar-refractivity contribution in [3.63, 3.8) is 0 Å². The van der Waals surface area contributed by atoms with Gasteiger partial charge in [0, 0.05) is 19.2 Å². The Morgan fingerprint density at radius 3 is 2.38 bits per heavy atom. The van der Waals surface area contributed by atoms with Gasteiger partial charge in [0.05, 0.1) is 12.5 Å². The molecule has 1 saturated heterocycles. The molecule has 0 aromatic carbocycles. The lowest BCUT2D eigenvalue weighted by atomic mass is 10.0. The normalized spacial score (nSPS) is 24.5. The smallest absolute Gasteiger partial charge is 0.225 e. The number of hydrogen-bond donors (Lipinski definition) is 1. The molecular formula is C17H32N2O2. The Bertz CT molecular complexity index is 295. The fraction of sp³-hybridized carbons (Fsp3) is 0.941. The molecule has 0 bridgehead atoms. The van der Waals surface area contributed by atoms with Crippen molar-refractivity contribution in [1.82, 2.24) is 4.90 Å². The molecule has 122 valence electrons. The lowest BCUT2D eigenvalue weighted by Gasteiger charge is -2.33. The van der Waals surface area contributed by atoms with Crippen molar-refractivity contribution < 1.29 is 9.53 Å². The van der Waals surface area contributed by atoms with Crippen molar-refractivity contribution in [2.75, 3.05) is 19.7 Å². The number of ether oxygens (including phenoxy) is 1. The fourth-order valence-electron chi connectivity index (χ4n) is 3.62. The average Bonchev–Trinajstić information content (AvgIpc) is 2.78. The molecule has 1 amide bonds. The second-order valence-electron chi connectivity index (χ2n) is 6.57. The number of rotatable bonds is 6. The number of nitrogens with zero attached hydrogens (tertiary/aromatic N) is 1. The second-order valence-corrected chi connectivity index (χ2v) is 6.57. The SMILES string of the molecule is NCCCN(C(=O)CC1CCCCO1)C1CCCCCC1. The van der Waals surface area contributed by atoms with E-state index in [9.17, 15) is 4.79 Å². The first-order valence-electron chi connectivity index (χ1n) is 8.92. The second kappa shape index (κ2) is 9.42. The number of carbonyl (C=O) groups excluding carboxylic acids is 1. The van der Waals surface area contributed by atoms with Gasteiger partial charge in [0.25, 0.3) is 0 Å². The van der Waals surface area contributed by atoms with Crippen molar-refractivity contribution in [3.8, 4) is 0 Å². The molecule has 1 unspecified atom stereocenters. The van der Waals surface area contributed by atoms with Crippen molar-refractivity contribution >= 4 is 5.91 Å². The summed E-state index contributed by atoms with van der Waals surface area (Å²) >= 11 is 0. The lowest BCUT2D eigenvalue weighted by molar-refractivity contribution is -0.137. The molecule has 4 heteroatoms. The maximum absolute atomic E-state index is 12.7. The van der Waals surface area contributed by atoms with Crippen LogP contribution in [0, 0.1) is 0 Å². The Balaban J connectivity index is 1.90. The van der Waals surface area contributed by atoms with E-state index in [0.717, 1.165) is 32.4 Å². The Morgan fingerprint density at radius 1 is 1.05 bits per heavy atom. The van der Waals surface area contributed by atoms with Crippen LogP contribution < -0.4 is 5.73 Å². The summed E-state index contributed by atoms with van der Waals surface area (Å²) in [4.78, 5) is 14.9. The van der Waals surface area contributed by atoms with Crippen LogP contribution >= 0.6 is 0 Å². The predicted octanol–water partition coefficient (Wildman–Crippen LogP) is 2.85. The van der Waals surface area contributed by atoms with E-state index in [0.29, 0.717) is 24.9 Å². The fourth-order valence-corrected chi connectivity index (χ4v) is 3.62. The van der Waals surface area contributed by atoms with E-state index in [2.05, 4.69) is 4.90 Å². The van der Waals surface area contributed by atoms with Crippen LogP contribution in [0.2, 0.25) is 0 Å². The summed E-state index contributed by atoms with van der Waals surface area (Å²) in [6.45, 7) is 2.31. The van der Waals surface area contributed by atoms with Gasteiger partial charge >= 0.3 is 0 Å². The van der Waals surface area contributed by atoms with Crippen molar-refractivity contribution in [3.05, 3.63) is 0 Å².